The maximum atomic E-state index is 5.38. The van der Waals surface area contributed by atoms with Gasteiger partial charge < -0.3 is 14.2 Å². The van der Waals surface area contributed by atoms with Crippen LogP contribution in [-0.2, 0) is 0 Å². The van der Waals surface area contributed by atoms with Crippen LogP contribution in [0, 0.1) is 3.70 Å². The van der Waals surface area contributed by atoms with Crippen molar-refractivity contribution in [2.75, 3.05) is 21.3 Å². The highest BCUT2D eigenvalue weighted by Gasteiger charge is 2.15. The van der Waals surface area contributed by atoms with E-state index in [1.807, 2.05) is 28.8 Å². The molecule has 5 aromatic heterocycles. The third kappa shape index (κ3) is 4.89. The molecule has 0 aliphatic rings. The van der Waals surface area contributed by atoms with E-state index in [4.69, 9.17) is 19.3 Å². The van der Waals surface area contributed by atoms with Crippen molar-refractivity contribution in [2.24, 2.45) is 0 Å². The molecule has 0 bridgehead atoms. The third-order valence-corrected chi connectivity index (χ3v) is 8.04. The maximum absolute atomic E-state index is 5.38. The smallest absolute Gasteiger partial charge is 0.213 e. The van der Waals surface area contributed by atoms with E-state index >= 15 is 0 Å². The van der Waals surface area contributed by atoms with Gasteiger partial charge in [-0.25, -0.2) is 14.5 Å². The molecule has 0 saturated carbocycles. The van der Waals surface area contributed by atoms with Crippen LogP contribution >= 0.6 is 61.2 Å². The molecular weight excluding hydrogens is 681 g/mol. The van der Waals surface area contributed by atoms with Gasteiger partial charge in [0.05, 0.1) is 45.6 Å². The molecule has 0 saturated heterocycles. The molecule has 36 heavy (non-hydrogen) atoms. The average Bonchev–Trinajstić information content (AvgIpc) is 3.66. The summed E-state index contributed by atoms with van der Waals surface area (Å²) in [7, 11) is 4.85. The second-order valence-corrected chi connectivity index (χ2v) is 11.4. The Kier molecular flexibility index (Phi) is 7.36. The topological polar surface area (TPSA) is 101 Å². The lowest BCUT2D eigenvalue weighted by molar-refractivity contribution is 0.355. The average molecular weight is 698 g/mol. The van der Waals surface area contributed by atoms with E-state index in [9.17, 15) is 0 Å². The van der Waals surface area contributed by atoms with E-state index < -0.39 is 0 Å². The summed E-state index contributed by atoms with van der Waals surface area (Å²) in [6.07, 6.45) is 7.01. The van der Waals surface area contributed by atoms with Crippen molar-refractivity contribution >= 4 is 71.1 Å². The van der Waals surface area contributed by atoms with Crippen molar-refractivity contribution in [3.8, 4) is 39.1 Å². The molecule has 10 nitrogen and oxygen atoms in total. The number of imidazole rings is 2. The van der Waals surface area contributed by atoms with Gasteiger partial charge in [0.1, 0.15) is 14.5 Å². The first-order valence-electron chi connectivity index (χ1n) is 10.2. The zero-order valence-electron chi connectivity index (χ0n) is 19.0. The summed E-state index contributed by atoms with van der Waals surface area (Å²) in [6, 6.07) is 7.63. The quantitative estimate of drug-likeness (QED) is 0.212. The van der Waals surface area contributed by atoms with E-state index in [-0.39, 0.29) is 0 Å². The number of fused-ring (bicyclic) bond motifs is 2. The van der Waals surface area contributed by atoms with Crippen molar-refractivity contribution in [1.82, 2.24) is 34.2 Å². The molecule has 0 N–H and O–H groups in total. The Morgan fingerprint density at radius 3 is 2.33 bits per heavy atom. The van der Waals surface area contributed by atoms with E-state index in [2.05, 4.69) is 58.6 Å². The molecule has 0 atom stereocenters. The molecule has 0 amide bonds. The van der Waals surface area contributed by atoms with Gasteiger partial charge in [0, 0.05) is 17.3 Å². The first-order chi connectivity index (χ1) is 17.5. The molecule has 1 aromatic carbocycles. The molecule has 184 valence electrons. The Morgan fingerprint density at radius 2 is 1.58 bits per heavy atom. The van der Waals surface area contributed by atoms with Crippen LogP contribution in [0.1, 0.15) is 0 Å². The van der Waals surface area contributed by atoms with Gasteiger partial charge in [0.2, 0.25) is 9.92 Å². The molecule has 0 fully saturated rings. The summed E-state index contributed by atoms with van der Waals surface area (Å²) in [5.41, 5.74) is 2.68. The minimum atomic E-state index is 0.662. The number of nitrogens with zero attached hydrogens (tertiary/aromatic N) is 7. The highest BCUT2D eigenvalue weighted by atomic mass is 127. The van der Waals surface area contributed by atoms with E-state index in [1.165, 1.54) is 22.7 Å². The number of ether oxygens (including phenoxy) is 3. The fourth-order valence-corrected chi connectivity index (χ4v) is 6.00. The first kappa shape index (κ1) is 24.9. The Labute approximate surface area is 235 Å². The Bertz CT molecular complexity index is 1660. The Morgan fingerprint density at radius 1 is 0.806 bits per heavy atom. The lowest BCUT2D eigenvalue weighted by Crippen LogP contribution is -1.92. The minimum Gasteiger partial charge on any atom is -0.495 e. The van der Waals surface area contributed by atoms with Crippen LogP contribution in [0.5, 0.6) is 17.2 Å². The number of rotatable bonds is 5. The first-order valence-corrected chi connectivity index (χ1v) is 13.7. The van der Waals surface area contributed by atoms with Crippen molar-refractivity contribution in [3.05, 3.63) is 56.7 Å². The summed E-state index contributed by atoms with van der Waals surface area (Å²) in [5, 5.41) is 9.71. The number of methoxy groups -OCH3 is 3. The predicted molar refractivity (Wildman–Crippen MR) is 150 cm³/mol. The Balaban J connectivity index is 0.000000222. The fraction of sp³-hybridized carbons (Fsp3) is 0.136. The predicted octanol–water partition coefficient (Wildman–Crippen LogP) is 5.70. The van der Waals surface area contributed by atoms with Gasteiger partial charge in [-0.3, -0.25) is 4.98 Å². The molecule has 0 unspecified atom stereocenters. The molecular formula is C22H17BrIN7O3S2. The number of hydrogen-bond acceptors (Lipinski definition) is 10. The Hall–Kier alpha value is -2.82. The maximum Gasteiger partial charge on any atom is 0.213 e. The SMILES string of the molecule is Brc1nn2c(I)cnc2s1.COc1cncc(-c2cnc3sc(-c4ccc(OC)c(OC)c4)nn23)c1. The number of pyridine rings is 1. The zero-order valence-corrected chi connectivity index (χ0v) is 24.4. The fourth-order valence-electron chi connectivity index (χ4n) is 3.29. The summed E-state index contributed by atoms with van der Waals surface area (Å²) >= 11 is 8.50. The number of benzene rings is 1. The monoisotopic (exact) mass is 697 g/mol. The van der Waals surface area contributed by atoms with Crippen molar-refractivity contribution in [3.63, 3.8) is 0 Å². The lowest BCUT2D eigenvalue weighted by Gasteiger charge is -2.07. The lowest BCUT2D eigenvalue weighted by atomic mass is 10.2. The van der Waals surface area contributed by atoms with Crippen LogP contribution in [0.2, 0.25) is 0 Å². The molecule has 14 heteroatoms. The number of aromatic nitrogens is 7. The van der Waals surface area contributed by atoms with Gasteiger partial charge in [0.25, 0.3) is 0 Å². The molecule has 0 radical (unpaired) electrons. The molecule has 0 aliphatic heterocycles. The van der Waals surface area contributed by atoms with Crippen molar-refractivity contribution < 1.29 is 14.2 Å². The van der Waals surface area contributed by atoms with Gasteiger partial charge in [-0.15, -0.1) is 5.10 Å². The molecule has 0 spiro atoms. The van der Waals surface area contributed by atoms with Gasteiger partial charge in [0.15, 0.2) is 15.4 Å². The second-order valence-electron chi connectivity index (χ2n) is 7.06. The second kappa shape index (κ2) is 10.7. The van der Waals surface area contributed by atoms with Crippen LogP contribution < -0.4 is 14.2 Å². The standard InChI is InChI=1S/C18H16N4O3S.C4HBrIN3S/c1-23-13-6-12(8-19-9-13)14-10-20-18-22(14)21-17(26-18)11-4-5-15(24-2)16(7-11)25-3;5-3-8-9-2(6)1-7-4(9)10-3/h4-10H,1-3H3;1H. The minimum absolute atomic E-state index is 0.662. The third-order valence-electron chi connectivity index (χ3n) is 4.98. The van der Waals surface area contributed by atoms with Gasteiger partial charge in [-0.05, 0) is 62.8 Å². The van der Waals surface area contributed by atoms with Crippen LogP contribution in [0.4, 0.5) is 0 Å². The van der Waals surface area contributed by atoms with Gasteiger partial charge >= 0.3 is 0 Å². The summed E-state index contributed by atoms with van der Waals surface area (Å²) in [4.78, 5) is 14.5. The van der Waals surface area contributed by atoms with Crippen molar-refractivity contribution in [2.45, 2.75) is 0 Å². The van der Waals surface area contributed by atoms with Crippen LogP contribution in [0.15, 0.2) is 53.0 Å². The van der Waals surface area contributed by atoms with Crippen molar-refractivity contribution in [1.29, 1.82) is 0 Å². The van der Waals surface area contributed by atoms with Gasteiger partial charge in [-0.2, -0.15) is 9.61 Å². The number of halogens is 2. The highest BCUT2D eigenvalue weighted by molar-refractivity contribution is 14.1. The highest BCUT2D eigenvalue weighted by Crippen LogP contribution is 2.35. The molecule has 6 aromatic rings. The van der Waals surface area contributed by atoms with E-state index in [0.29, 0.717) is 17.2 Å². The van der Waals surface area contributed by atoms with Crippen LogP contribution in [-0.4, -0.2) is 55.5 Å². The van der Waals surface area contributed by atoms with Crippen LogP contribution in [0.25, 0.3) is 31.8 Å². The number of hydrogen-bond donors (Lipinski definition) is 0. The van der Waals surface area contributed by atoms with E-state index in [1.54, 1.807) is 50.6 Å². The largest absolute Gasteiger partial charge is 0.495 e. The van der Waals surface area contributed by atoms with Crippen LogP contribution in [0.3, 0.4) is 0 Å². The normalized spacial score (nSPS) is 10.9. The zero-order chi connectivity index (χ0) is 25.2. The molecule has 0 aliphatic carbocycles. The molecule has 6 rings (SSSR count). The van der Waals surface area contributed by atoms with E-state index in [0.717, 1.165) is 39.4 Å². The summed E-state index contributed by atoms with van der Waals surface area (Å²) in [5.74, 6) is 2.03. The molecule has 5 heterocycles. The summed E-state index contributed by atoms with van der Waals surface area (Å²) < 4.78 is 21.4. The van der Waals surface area contributed by atoms with Gasteiger partial charge in [-0.1, -0.05) is 22.7 Å². The summed E-state index contributed by atoms with van der Waals surface area (Å²) in [6.45, 7) is 0.